The highest BCUT2D eigenvalue weighted by molar-refractivity contribution is 6.11. The van der Waals surface area contributed by atoms with Crippen molar-refractivity contribution in [2.24, 2.45) is 0 Å². The molecule has 2 N–H and O–H groups in total. The average Bonchev–Trinajstić information content (AvgIpc) is 3.65. The molecule has 1 amide bonds. The van der Waals surface area contributed by atoms with Crippen molar-refractivity contribution in [3.05, 3.63) is 118 Å². The van der Waals surface area contributed by atoms with E-state index in [0.29, 0.717) is 57.5 Å². The van der Waals surface area contributed by atoms with Gasteiger partial charge in [-0.2, -0.15) is 13.2 Å². The zero-order valence-electron chi connectivity index (χ0n) is 24.9. The van der Waals surface area contributed by atoms with Gasteiger partial charge in [-0.3, -0.25) is 9.36 Å². The Morgan fingerprint density at radius 1 is 0.978 bits per heavy atom. The Hall–Kier alpha value is -5.16. The molecular weight excluding hydrogens is 599 g/mol. The summed E-state index contributed by atoms with van der Waals surface area (Å²) in [6.07, 6.45) is -3.95. The molecule has 0 radical (unpaired) electrons. The van der Waals surface area contributed by atoms with Gasteiger partial charge in [0.15, 0.2) is 0 Å². The number of alkyl halides is 3. The van der Waals surface area contributed by atoms with Crippen molar-refractivity contribution < 1.29 is 37.3 Å². The van der Waals surface area contributed by atoms with Crippen molar-refractivity contribution in [3.8, 4) is 17.0 Å². The Morgan fingerprint density at radius 3 is 2.37 bits per heavy atom. The van der Waals surface area contributed by atoms with Crippen LogP contribution in [0.15, 0.2) is 78.9 Å². The summed E-state index contributed by atoms with van der Waals surface area (Å²) in [4.78, 5) is 31.3. The first-order valence-electron chi connectivity index (χ1n) is 14.8. The minimum Gasteiger partial charge on any atom is -0.494 e. The van der Waals surface area contributed by atoms with Crippen LogP contribution >= 0.6 is 0 Å². The van der Waals surface area contributed by atoms with Gasteiger partial charge in [-0.25, -0.2) is 9.78 Å². The number of carbonyl (C=O) groups excluding carboxylic acids is 2. The number of hydrogen-bond acceptors (Lipinski definition) is 6. The van der Waals surface area contributed by atoms with E-state index in [-0.39, 0.29) is 43.7 Å². The van der Waals surface area contributed by atoms with Crippen molar-refractivity contribution in [2.45, 2.75) is 45.8 Å². The molecule has 8 nitrogen and oxygen atoms in total. The van der Waals surface area contributed by atoms with Crippen LogP contribution < -0.4 is 5.32 Å². The number of halogens is 3. The number of esters is 1. The Balaban J connectivity index is 1.41. The molecular formula is C35H30F3N3O5. The standard InChI is InChI=1S/C35H30F3N3O5/c1-2-46-34(44)29-26(17-10-21-8-15-25(16-9-21)35(36,37)38)40-31-27-19-45-20-41(27)33(43)30(31)28(29)23-11-13-24(14-12-23)32(42)39-18-22-6-4-3-5-7-22/h3-9,11-16,43H,2,10,17-20H2,1H3,(H,39,42). The molecule has 2 aromatic heterocycles. The van der Waals surface area contributed by atoms with E-state index >= 15 is 0 Å². The molecule has 0 bridgehead atoms. The highest BCUT2D eigenvalue weighted by Gasteiger charge is 2.32. The lowest BCUT2D eigenvalue weighted by Gasteiger charge is -2.16. The number of nitrogens with zero attached hydrogens (tertiary/aromatic N) is 2. The van der Waals surface area contributed by atoms with E-state index in [9.17, 15) is 27.9 Å². The number of ether oxygens (including phenoxy) is 2. The number of aryl methyl sites for hydroxylation is 2. The number of rotatable bonds is 9. The van der Waals surface area contributed by atoms with E-state index in [0.717, 1.165) is 17.7 Å². The lowest BCUT2D eigenvalue weighted by atomic mass is 9.92. The fraction of sp³-hybridized carbons (Fsp3) is 0.229. The topological polar surface area (TPSA) is 103 Å². The average molecular weight is 630 g/mol. The van der Waals surface area contributed by atoms with Crippen LogP contribution in [0.5, 0.6) is 5.88 Å². The van der Waals surface area contributed by atoms with Crippen molar-refractivity contribution in [2.75, 3.05) is 6.61 Å². The second-order valence-electron chi connectivity index (χ2n) is 10.9. The second-order valence-corrected chi connectivity index (χ2v) is 10.9. The maximum atomic E-state index is 13.6. The summed E-state index contributed by atoms with van der Waals surface area (Å²) in [6.45, 7) is 2.42. The SMILES string of the molecule is CCOC(=O)c1c(CCc2ccc(C(F)(F)F)cc2)nc2c3n(c(O)c2c1-c1ccc(C(=O)NCc2ccccc2)cc1)COC3. The van der Waals surface area contributed by atoms with Gasteiger partial charge in [0.1, 0.15) is 6.73 Å². The summed E-state index contributed by atoms with van der Waals surface area (Å²) in [5, 5.41) is 14.6. The lowest BCUT2D eigenvalue weighted by Crippen LogP contribution is -2.22. The lowest BCUT2D eigenvalue weighted by molar-refractivity contribution is -0.137. The Labute approximate surface area is 262 Å². The summed E-state index contributed by atoms with van der Waals surface area (Å²) in [5.74, 6) is -1.04. The minimum absolute atomic E-state index is 0.0846. The number of amides is 1. The molecule has 5 aromatic rings. The Morgan fingerprint density at radius 2 is 1.70 bits per heavy atom. The number of carbonyl (C=O) groups is 2. The summed E-state index contributed by atoms with van der Waals surface area (Å²) in [7, 11) is 0. The maximum Gasteiger partial charge on any atom is 0.416 e. The molecule has 11 heteroatoms. The molecule has 0 fully saturated rings. The van der Waals surface area contributed by atoms with E-state index in [2.05, 4.69) is 5.32 Å². The third kappa shape index (κ3) is 6.05. The molecule has 0 unspecified atom stereocenters. The van der Waals surface area contributed by atoms with Gasteiger partial charge in [0.05, 0.1) is 46.6 Å². The predicted molar refractivity (Wildman–Crippen MR) is 164 cm³/mol. The van der Waals surface area contributed by atoms with Crippen LogP contribution in [0.25, 0.3) is 22.0 Å². The van der Waals surface area contributed by atoms with E-state index in [4.69, 9.17) is 14.5 Å². The minimum atomic E-state index is -4.45. The van der Waals surface area contributed by atoms with Crippen LogP contribution in [0.2, 0.25) is 0 Å². The van der Waals surface area contributed by atoms with E-state index in [1.165, 1.54) is 12.1 Å². The summed E-state index contributed by atoms with van der Waals surface area (Å²) < 4.78 is 51.9. The number of nitrogens with one attached hydrogen (secondary N) is 1. The van der Waals surface area contributed by atoms with Crippen molar-refractivity contribution >= 4 is 22.8 Å². The van der Waals surface area contributed by atoms with Gasteiger partial charge < -0.3 is 19.9 Å². The quantitative estimate of drug-likeness (QED) is 0.174. The van der Waals surface area contributed by atoms with Gasteiger partial charge in [0, 0.05) is 17.7 Å². The summed E-state index contributed by atoms with van der Waals surface area (Å²) in [6, 6.07) is 21.1. The van der Waals surface area contributed by atoms with E-state index in [1.807, 2.05) is 30.3 Å². The van der Waals surface area contributed by atoms with Gasteiger partial charge in [0.2, 0.25) is 5.88 Å². The predicted octanol–water partition coefficient (Wildman–Crippen LogP) is 6.81. The molecule has 46 heavy (non-hydrogen) atoms. The molecule has 6 rings (SSSR count). The summed E-state index contributed by atoms with van der Waals surface area (Å²) >= 11 is 0. The van der Waals surface area contributed by atoms with Crippen LogP contribution in [-0.4, -0.2) is 33.1 Å². The number of aromatic hydroxyl groups is 1. The number of hydrogen-bond donors (Lipinski definition) is 2. The highest BCUT2D eigenvalue weighted by atomic mass is 19.4. The molecule has 3 heterocycles. The van der Waals surface area contributed by atoms with Crippen molar-refractivity contribution in [1.82, 2.24) is 14.9 Å². The molecule has 0 atom stereocenters. The van der Waals surface area contributed by atoms with Crippen molar-refractivity contribution in [3.63, 3.8) is 0 Å². The van der Waals surface area contributed by atoms with Crippen LogP contribution in [0.1, 0.15) is 55.7 Å². The normalized spacial score (nSPS) is 12.7. The largest absolute Gasteiger partial charge is 0.494 e. The number of aromatic nitrogens is 2. The molecule has 0 aliphatic carbocycles. The fourth-order valence-electron chi connectivity index (χ4n) is 5.65. The first-order valence-corrected chi connectivity index (χ1v) is 14.8. The molecule has 0 saturated heterocycles. The number of fused-ring (bicyclic) bond motifs is 3. The zero-order valence-corrected chi connectivity index (χ0v) is 24.9. The first-order chi connectivity index (χ1) is 22.2. The second kappa shape index (κ2) is 12.7. The van der Waals surface area contributed by atoms with Gasteiger partial charge in [-0.05, 0) is 60.7 Å². The van der Waals surface area contributed by atoms with Crippen LogP contribution in [-0.2, 0) is 48.4 Å². The number of pyridine rings is 1. The molecule has 236 valence electrons. The fourth-order valence-corrected chi connectivity index (χ4v) is 5.65. The van der Waals surface area contributed by atoms with Gasteiger partial charge in [0.25, 0.3) is 5.91 Å². The van der Waals surface area contributed by atoms with E-state index in [1.54, 1.807) is 35.8 Å². The van der Waals surface area contributed by atoms with Crippen LogP contribution in [0.3, 0.4) is 0 Å². The van der Waals surface area contributed by atoms with Crippen LogP contribution in [0, 0.1) is 0 Å². The smallest absolute Gasteiger partial charge is 0.416 e. The van der Waals surface area contributed by atoms with Crippen LogP contribution in [0.4, 0.5) is 13.2 Å². The molecule has 0 spiro atoms. The highest BCUT2D eigenvalue weighted by Crippen LogP contribution is 2.43. The van der Waals surface area contributed by atoms with E-state index < -0.39 is 17.7 Å². The third-order valence-electron chi connectivity index (χ3n) is 7.95. The first kappa shape index (κ1) is 30.8. The maximum absolute atomic E-state index is 13.6. The molecule has 1 aliphatic heterocycles. The van der Waals surface area contributed by atoms with Gasteiger partial charge in [-0.1, -0.05) is 54.6 Å². The number of benzene rings is 3. The zero-order chi connectivity index (χ0) is 32.4. The van der Waals surface area contributed by atoms with Crippen molar-refractivity contribution in [1.29, 1.82) is 0 Å². The monoisotopic (exact) mass is 629 g/mol. The molecule has 1 aliphatic rings. The van der Waals surface area contributed by atoms with Gasteiger partial charge >= 0.3 is 12.1 Å². The third-order valence-corrected chi connectivity index (χ3v) is 7.95. The Kier molecular flexibility index (Phi) is 8.50. The summed E-state index contributed by atoms with van der Waals surface area (Å²) in [5.41, 5.74) is 3.77. The molecule has 0 saturated carbocycles. The molecule has 3 aromatic carbocycles. The van der Waals surface area contributed by atoms with Gasteiger partial charge in [-0.15, -0.1) is 0 Å². The Bertz CT molecular complexity index is 1900.